The second-order valence-electron chi connectivity index (χ2n) is 11.2. The van der Waals surface area contributed by atoms with E-state index in [4.69, 9.17) is 0 Å². The molecule has 0 saturated carbocycles. The van der Waals surface area contributed by atoms with Crippen LogP contribution in [-0.2, 0) is 6.42 Å². The Kier molecular flexibility index (Phi) is 18.3. The first-order chi connectivity index (χ1) is 17.8. The summed E-state index contributed by atoms with van der Waals surface area (Å²) in [6, 6.07) is 11.0. The van der Waals surface area contributed by atoms with Crippen LogP contribution in [0.4, 0.5) is 0 Å². The summed E-state index contributed by atoms with van der Waals surface area (Å²) in [7, 11) is 0. The molecule has 1 aliphatic heterocycles. The average Bonchev–Trinajstić information content (AvgIpc) is 3.43. The van der Waals surface area contributed by atoms with Crippen LogP contribution < -0.4 is 0 Å². The van der Waals surface area contributed by atoms with Crippen molar-refractivity contribution in [3.63, 3.8) is 0 Å². The van der Waals surface area contributed by atoms with E-state index < -0.39 is 0 Å². The lowest BCUT2D eigenvalue weighted by atomic mass is 9.79. The number of benzene rings is 1. The van der Waals surface area contributed by atoms with E-state index in [2.05, 4.69) is 54.2 Å². The number of aliphatic imine (C=N–C) groups is 2. The van der Waals surface area contributed by atoms with Gasteiger partial charge in [-0.3, -0.25) is 0 Å². The number of unbranched alkanes of at least 4 members (excludes halogenated alkanes) is 16. The van der Waals surface area contributed by atoms with Crippen molar-refractivity contribution < 1.29 is 0 Å². The van der Waals surface area contributed by atoms with Gasteiger partial charge in [0.25, 0.3) is 0 Å². The second kappa shape index (κ2) is 21.5. The van der Waals surface area contributed by atoms with Gasteiger partial charge in [0.15, 0.2) is 12.4 Å². The molecule has 0 aliphatic carbocycles. The van der Waals surface area contributed by atoms with Gasteiger partial charge in [0.05, 0.1) is 5.92 Å². The zero-order valence-corrected chi connectivity index (χ0v) is 23.9. The number of hydrogen-bond acceptors (Lipinski definition) is 2. The third-order valence-electron chi connectivity index (χ3n) is 8.00. The van der Waals surface area contributed by atoms with Crippen LogP contribution in [0.5, 0.6) is 0 Å². The van der Waals surface area contributed by atoms with Gasteiger partial charge in [-0.1, -0.05) is 170 Å². The van der Waals surface area contributed by atoms with E-state index in [1.165, 1.54) is 134 Å². The molecular formula is C34H57N2+. The van der Waals surface area contributed by atoms with Crippen molar-refractivity contribution in [2.24, 2.45) is 21.8 Å². The first-order valence-electron chi connectivity index (χ1n) is 15.8. The Balaban J connectivity index is 1.52. The van der Waals surface area contributed by atoms with Crippen molar-refractivity contribution >= 4 is 12.4 Å². The van der Waals surface area contributed by atoms with Crippen LogP contribution >= 0.6 is 0 Å². The van der Waals surface area contributed by atoms with Crippen LogP contribution in [0, 0.1) is 18.0 Å². The standard InChI is InChI=1S/C34H57N2/c1-3-5-6-7-8-9-10-11-12-13-14-15-16-17-18-19-23-27-33(34-35-28-29-36-34)32(24-4-2)30-31-25-21-20-22-26-31/h20-22,25-26,28-29,32-33H,3-19,23-24,27,30H2,1-2H3/q+1. The molecular weight excluding hydrogens is 436 g/mol. The zero-order valence-electron chi connectivity index (χ0n) is 23.9. The van der Waals surface area contributed by atoms with Crippen molar-refractivity contribution in [1.29, 1.82) is 0 Å². The number of hydrogen-bond donors (Lipinski definition) is 0. The van der Waals surface area contributed by atoms with E-state index in [1.54, 1.807) is 0 Å². The maximum Gasteiger partial charge on any atom is 0.244 e. The molecule has 2 unspecified atom stereocenters. The summed E-state index contributed by atoms with van der Waals surface area (Å²) in [5.74, 6) is 1.14. The van der Waals surface area contributed by atoms with Crippen molar-refractivity contribution in [2.45, 2.75) is 149 Å². The van der Waals surface area contributed by atoms with E-state index in [-0.39, 0.29) is 0 Å². The molecule has 0 amide bonds. The monoisotopic (exact) mass is 493 g/mol. The molecule has 1 aromatic rings. The molecule has 36 heavy (non-hydrogen) atoms. The lowest BCUT2D eigenvalue weighted by molar-refractivity contribution is 0.290. The Morgan fingerprint density at radius 2 is 1.03 bits per heavy atom. The zero-order chi connectivity index (χ0) is 25.5. The molecule has 1 aliphatic rings. The summed E-state index contributed by atoms with van der Waals surface area (Å²) in [6.45, 7) is 4.62. The Hall–Kier alpha value is -1.57. The molecule has 0 N–H and O–H groups in total. The highest BCUT2D eigenvalue weighted by Gasteiger charge is 2.34. The minimum atomic E-state index is 0.497. The first-order valence-corrected chi connectivity index (χ1v) is 15.8. The highest BCUT2D eigenvalue weighted by molar-refractivity contribution is 6.18. The molecule has 1 aromatic carbocycles. The topological polar surface area (TPSA) is 24.7 Å². The summed E-state index contributed by atoms with van der Waals surface area (Å²) in [6.07, 6.45) is 34.0. The molecule has 0 spiro atoms. The Morgan fingerprint density at radius 3 is 1.50 bits per heavy atom. The fraction of sp³-hybridized carbons (Fsp3) is 0.735. The lowest BCUT2D eigenvalue weighted by Gasteiger charge is -2.25. The van der Waals surface area contributed by atoms with Gasteiger partial charge in [-0.25, -0.2) is 0 Å². The maximum absolute atomic E-state index is 4.65. The minimum absolute atomic E-state index is 0.497. The highest BCUT2D eigenvalue weighted by atomic mass is 15.0. The van der Waals surface area contributed by atoms with Gasteiger partial charge in [-0.2, -0.15) is 0 Å². The first kappa shape index (κ1) is 30.7. The smallest absolute Gasteiger partial charge is 0.0965 e. The van der Waals surface area contributed by atoms with Crippen molar-refractivity contribution in [2.75, 3.05) is 0 Å². The number of rotatable bonds is 24. The molecule has 0 aromatic heterocycles. The summed E-state index contributed by atoms with van der Waals surface area (Å²) in [5, 5.41) is 0. The predicted octanol–water partition coefficient (Wildman–Crippen LogP) is 10.9. The van der Waals surface area contributed by atoms with Crippen molar-refractivity contribution in [3.05, 3.63) is 42.1 Å². The van der Waals surface area contributed by atoms with Gasteiger partial charge in [0, 0.05) is 0 Å². The summed E-state index contributed by atoms with van der Waals surface area (Å²) in [4.78, 5) is 9.29. The fourth-order valence-electron chi connectivity index (χ4n) is 5.84. The van der Waals surface area contributed by atoms with E-state index in [1.807, 2.05) is 12.4 Å². The van der Waals surface area contributed by atoms with Crippen LogP contribution in [0.2, 0.25) is 0 Å². The predicted molar refractivity (Wildman–Crippen MR) is 161 cm³/mol. The highest BCUT2D eigenvalue weighted by Crippen LogP contribution is 2.36. The van der Waals surface area contributed by atoms with Crippen LogP contribution in [0.15, 0.2) is 40.3 Å². The van der Waals surface area contributed by atoms with Crippen LogP contribution in [0.1, 0.15) is 148 Å². The lowest BCUT2D eigenvalue weighted by Crippen LogP contribution is -2.22. The molecule has 1 heterocycles. The molecule has 0 fully saturated rings. The largest absolute Gasteiger partial charge is 0.244 e. The Morgan fingerprint density at radius 1 is 0.556 bits per heavy atom. The van der Waals surface area contributed by atoms with Gasteiger partial charge in [-0.05, 0) is 30.7 Å². The van der Waals surface area contributed by atoms with Crippen LogP contribution in [-0.4, -0.2) is 12.4 Å². The van der Waals surface area contributed by atoms with Gasteiger partial charge in [0.1, 0.15) is 0 Å². The van der Waals surface area contributed by atoms with E-state index in [0.717, 1.165) is 12.6 Å². The van der Waals surface area contributed by atoms with Crippen LogP contribution in [0.25, 0.3) is 0 Å². The fourth-order valence-corrected chi connectivity index (χ4v) is 5.84. The van der Waals surface area contributed by atoms with E-state index in [0.29, 0.717) is 11.8 Å². The Bertz CT molecular complexity index is 653. The van der Waals surface area contributed by atoms with Crippen molar-refractivity contribution in [1.82, 2.24) is 0 Å². The minimum Gasteiger partial charge on any atom is -0.0965 e. The molecule has 2 heteroatoms. The van der Waals surface area contributed by atoms with Crippen molar-refractivity contribution in [3.8, 4) is 0 Å². The van der Waals surface area contributed by atoms with Gasteiger partial charge in [-0.15, -0.1) is 0 Å². The number of nitrogens with zero attached hydrogens (tertiary/aromatic N) is 2. The Labute approximate surface area is 224 Å². The molecule has 2 nitrogen and oxygen atoms in total. The van der Waals surface area contributed by atoms with E-state index in [9.17, 15) is 0 Å². The normalized spacial score (nSPS) is 14.6. The molecule has 202 valence electrons. The summed E-state index contributed by atoms with van der Waals surface area (Å²) >= 11 is 0. The molecule has 0 bridgehead atoms. The van der Waals surface area contributed by atoms with Crippen LogP contribution in [0.3, 0.4) is 0 Å². The van der Waals surface area contributed by atoms with Gasteiger partial charge in [0.2, 0.25) is 6.17 Å². The molecule has 2 atom stereocenters. The molecule has 0 radical (unpaired) electrons. The summed E-state index contributed by atoms with van der Waals surface area (Å²) in [5.41, 5.74) is 1.45. The maximum atomic E-state index is 4.65. The van der Waals surface area contributed by atoms with Gasteiger partial charge < -0.3 is 0 Å². The van der Waals surface area contributed by atoms with Gasteiger partial charge >= 0.3 is 0 Å². The third-order valence-corrected chi connectivity index (χ3v) is 8.00. The average molecular weight is 494 g/mol. The summed E-state index contributed by atoms with van der Waals surface area (Å²) < 4.78 is 0. The van der Waals surface area contributed by atoms with E-state index >= 15 is 0 Å². The SMILES string of the molecule is CCCCCCCCCCCCCCCCCCCC([C+]1N=CC=N1)C(CCC)Cc1ccccc1. The quantitative estimate of drug-likeness (QED) is 0.101. The second-order valence-corrected chi connectivity index (χ2v) is 11.2. The molecule has 0 saturated heterocycles. The molecule has 2 rings (SSSR count). The third kappa shape index (κ3) is 14.2.